The van der Waals surface area contributed by atoms with Gasteiger partial charge in [0, 0.05) is 44.5 Å². The molecule has 1 aliphatic heterocycles. The summed E-state index contributed by atoms with van der Waals surface area (Å²) in [4.78, 5) is 13.5. The third-order valence-corrected chi connectivity index (χ3v) is 7.63. The lowest BCUT2D eigenvalue weighted by molar-refractivity contribution is -0.220. The van der Waals surface area contributed by atoms with Crippen LogP contribution in [0.2, 0.25) is 0 Å². The molecule has 3 rings (SSSR count). The lowest BCUT2D eigenvalue weighted by atomic mass is 9.89. The summed E-state index contributed by atoms with van der Waals surface area (Å²) in [5, 5.41) is 4.31. The van der Waals surface area contributed by atoms with E-state index in [1.54, 1.807) is 38.6 Å². The minimum absolute atomic E-state index is 0.107. The van der Waals surface area contributed by atoms with Crippen molar-refractivity contribution in [3.63, 3.8) is 0 Å². The summed E-state index contributed by atoms with van der Waals surface area (Å²) in [5.74, 6) is -1.48. The van der Waals surface area contributed by atoms with Gasteiger partial charge in [0.15, 0.2) is 21.4 Å². The number of sulfone groups is 1. The molecule has 28 heavy (non-hydrogen) atoms. The molecule has 0 amide bonds. The number of carbonyl (C=O) groups is 1. The van der Waals surface area contributed by atoms with E-state index in [1.807, 2.05) is 6.92 Å². The highest BCUT2D eigenvalue weighted by Gasteiger charge is 2.46. The third kappa shape index (κ3) is 2.82. The van der Waals surface area contributed by atoms with Crippen molar-refractivity contribution in [3.8, 4) is 0 Å². The first-order valence-corrected chi connectivity index (χ1v) is 10.7. The summed E-state index contributed by atoms with van der Waals surface area (Å²) < 4.78 is 38.9. The van der Waals surface area contributed by atoms with Gasteiger partial charge in [-0.2, -0.15) is 5.10 Å². The van der Waals surface area contributed by atoms with Crippen molar-refractivity contribution in [3.05, 3.63) is 45.3 Å². The second-order valence-electron chi connectivity index (χ2n) is 7.30. The van der Waals surface area contributed by atoms with E-state index < -0.39 is 15.6 Å². The molecule has 0 saturated heterocycles. The van der Waals surface area contributed by atoms with Crippen LogP contribution in [0.25, 0.3) is 0 Å². The Labute approximate surface area is 165 Å². The first kappa shape index (κ1) is 20.7. The van der Waals surface area contributed by atoms with Crippen molar-refractivity contribution in [2.24, 2.45) is 7.05 Å². The summed E-state index contributed by atoms with van der Waals surface area (Å²) in [7, 11) is 1.21. The van der Waals surface area contributed by atoms with Gasteiger partial charge in [-0.1, -0.05) is 0 Å². The summed E-state index contributed by atoms with van der Waals surface area (Å²) in [6, 6.07) is 1.73. The van der Waals surface area contributed by atoms with Gasteiger partial charge in [0.2, 0.25) is 0 Å². The minimum Gasteiger partial charge on any atom is -0.349 e. The number of aryl methyl sites for hydroxylation is 3. The molecule has 1 aliphatic rings. The van der Waals surface area contributed by atoms with Crippen LogP contribution in [0.1, 0.15) is 50.4 Å². The molecule has 1 aromatic carbocycles. The Morgan fingerprint density at radius 2 is 1.79 bits per heavy atom. The molecule has 0 radical (unpaired) electrons. The number of rotatable bonds is 4. The summed E-state index contributed by atoms with van der Waals surface area (Å²) in [6.07, 6.45) is 0.198. The Kier molecular flexibility index (Phi) is 5.02. The molecule has 1 aromatic heterocycles. The van der Waals surface area contributed by atoms with Crippen LogP contribution >= 0.6 is 0 Å². The van der Waals surface area contributed by atoms with Gasteiger partial charge >= 0.3 is 0 Å². The van der Waals surface area contributed by atoms with Gasteiger partial charge in [-0.25, -0.2) is 8.42 Å². The molecule has 0 atom stereocenters. The van der Waals surface area contributed by atoms with Gasteiger partial charge in [0.05, 0.1) is 21.9 Å². The molecule has 0 unspecified atom stereocenters. The predicted molar refractivity (Wildman–Crippen MR) is 104 cm³/mol. The zero-order valence-electron chi connectivity index (χ0n) is 17.3. The highest BCUT2D eigenvalue weighted by atomic mass is 32.2. The molecular formula is C20H26N2O5S. The Morgan fingerprint density at radius 3 is 2.29 bits per heavy atom. The molecule has 2 aromatic rings. The molecule has 0 bridgehead atoms. The number of hydrogen-bond donors (Lipinski definition) is 0. The molecule has 0 N–H and O–H groups in total. The molecular weight excluding hydrogens is 380 g/mol. The average Bonchev–Trinajstić information content (AvgIpc) is 2.89. The first-order chi connectivity index (χ1) is 13.0. The number of benzene rings is 1. The van der Waals surface area contributed by atoms with E-state index >= 15 is 0 Å². The molecule has 0 aliphatic carbocycles. The van der Waals surface area contributed by atoms with Crippen LogP contribution in [0.15, 0.2) is 11.0 Å². The number of nitrogens with zero attached hydrogens (tertiary/aromatic N) is 2. The van der Waals surface area contributed by atoms with Gasteiger partial charge in [0.1, 0.15) is 0 Å². The summed E-state index contributed by atoms with van der Waals surface area (Å²) >= 11 is 0. The van der Waals surface area contributed by atoms with E-state index in [9.17, 15) is 13.2 Å². The van der Waals surface area contributed by atoms with Crippen molar-refractivity contribution < 1.29 is 22.7 Å². The van der Waals surface area contributed by atoms with Gasteiger partial charge < -0.3 is 9.47 Å². The topological polar surface area (TPSA) is 87.5 Å². The Morgan fingerprint density at radius 1 is 1.18 bits per heavy atom. The quantitative estimate of drug-likeness (QED) is 0.573. The van der Waals surface area contributed by atoms with Crippen molar-refractivity contribution in [1.29, 1.82) is 0 Å². The molecule has 152 valence electrons. The van der Waals surface area contributed by atoms with Crippen LogP contribution in [-0.4, -0.2) is 44.0 Å². The fraction of sp³-hybridized carbons (Fsp3) is 0.500. The average molecular weight is 407 g/mol. The molecule has 0 spiro atoms. The number of methoxy groups -OCH3 is 2. The predicted octanol–water partition coefficient (Wildman–Crippen LogP) is 2.51. The number of aromatic nitrogens is 2. The fourth-order valence-electron chi connectivity index (χ4n) is 4.21. The van der Waals surface area contributed by atoms with Crippen LogP contribution < -0.4 is 0 Å². The molecule has 7 nitrogen and oxygen atoms in total. The highest BCUT2D eigenvalue weighted by Crippen LogP contribution is 2.44. The number of ketones is 1. The van der Waals surface area contributed by atoms with Crippen LogP contribution in [-0.2, 0) is 32.1 Å². The van der Waals surface area contributed by atoms with Crippen molar-refractivity contribution in [1.82, 2.24) is 9.78 Å². The van der Waals surface area contributed by atoms with Crippen molar-refractivity contribution in [2.45, 2.75) is 44.8 Å². The molecule has 2 heterocycles. The lowest BCUT2D eigenvalue weighted by Crippen LogP contribution is -2.40. The van der Waals surface area contributed by atoms with E-state index in [2.05, 4.69) is 5.10 Å². The van der Waals surface area contributed by atoms with Crippen LogP contribution in [0.4, 0.5) is 0 Å². The monoisotopic (exact) mass is 406 g/mol. The molecule has 8 heteroatoms. The van der Waals surface area contributed by atoms with E-state index in [0.717, 1.165) is 5.69 Å². The van der Waals surface area contributed by atoms with E-state index in [0.29, 0.717) is 33.5 Å². The molecule has 0 fully saturated rings. The van der Waals surface area contributed by atoms with E-state index in [-0.39, 0.29) is 22.9 Å². The van der Waals surface area contributed by atoms with Gasteiger partial charge in [-0.15, -0.1) is 0 Å². The Balaban J connectivity index is 2.34. The normalized spacial score (nSPS) is 17.4. The zero-order chi connectivity index (χ0) is 21.0. The largest absolute Gasteiger partial charge is 0.349 e. The Bertz CT molecular complexity index is 1080. The van der Waals surface area contributed by atoms with E-state index in [4.69, 9.17) is 9.47 Å². The fourth-order valence-corrected chi connectivity index (χ4v) is 6.15. The maximum atomic E-state index is 13.4. The number of fused-ring (bicyclic) bond motifs is 1. The second kappa shape index (κ2) is 6.79. The Hall–Kier alpha value is -2.03. The molecule has 0 saturated carbocycles. The van der Waals surface area contributed by atoms with Crippen LogP contribution in [0, 0.1) is 27.7 Å². The summed E-state index contributed by atoms with van der Waals surface area (Å²) in [6.45, 7) is 7.06. The van der Waals surface area contributed by atoms with Gasteiger partial charge in [0.25, 0.3) is 0 Å². The number of carbonyl (C=O) groups excluding carboxylic acids is 1. The SMILES string of the molecule is COC1(OC)CCS(=O)(=O)c2c(C)c(C(=O)c3c(C)nn(C)c3C)cc(C)c21. The van der Waals surface area contributed by atoms with Crippen molar-refractivity contribution >= 4 is 15.6 Å². The maximum Gasteiger partial charge on any atom is 0.197 e. The van der Waals surface area contributed by atoms with Gasteiger partial charge in [-0.05, 0) is 44.9 Å². The summed E-state index contributed by atoms with van der Waals surface area (Å²) in [5.41, 5.74) is 3.78. The van der Waals surface area contributed by atoms with Crippen LogP contribution in [0.5, 0.6) is 0 Å². The van der Waals surface area contributed by atoms with Crippen molar-refractivity contribution in [2.75, 3.05) is 20.0 Å². The third-order valence-electron chi connectivity index (χ3n) is 5.76. The van der Waals surface area contributed by atoms with Crippen LogP contribution in [0.3, 0.4) is 0 Å². The van der Waals surface area contributed by atoms with Gasteiger partial charge in [-0.3, -0.25) is 9.48 Å². The first-order valence-electron chi connectivity index (χ1n) is 9.03. The second-order valence-corrected chi connectivity index (χ2v) is 9.34. The van der Waals surface area contributed by atoms with E-state index in [1.165, 1.54) is 14.2 Å². The smallest absolute Gasteiger partial charge is 0.197 e. The zero-order valence-corrected chi connectivity index (χ0v) is 18.2. The standard InChI is InChI=1S/C20H26N2O5S/c1-11-10-15(18(23)16-13(3)21-22(5)14(16)4)12(2)19-17(11)20(26-6,27-7)8-9-28(19,24)25/h10H,8-9H2,1-7H3. The lowest BCUT2D eigenvalue weighted by Gasteiger charge is -2.38. The maximum absolute atomic E-state index is 13.4. The number of ether oxygens (including phenoxy) is 2. The highest BCUT2D eigenvalue weighted by molar-refractivity contribution is 7.91. The minimum atomic E-state index is -3.57. The number of hydrogen-bond acceptors (Lipinski definition) is 6.